The van der Waals surface area contributed by atoms with E-state index in [1.165, 1.54) is 10.8 Å². The van der Waals surface area contributed by atoms with Crippen molar-refractivity contribution in [1.82, 2.24) is 19.6 Å². The predicted octanol–water partition coefficient (Wildman–Crippen LogP) is 0.469. The van der Waals surface area contributed by atoms with Gasteiger partial charge in [-0.25, -0.2) is 9.97 Å². The van der Waals surface area contributed by atoms with Gasteiger partial charge in [0, 0.05) is 6.07 Å². The first-order valence-corrected chi connectivity index (χ1v) is 3.68. The minimum absolute atomic E-state index is 0.436. The molecule has 0 aliphatic heterocycles. The Kier molecular flexibility index (Phi) is 1.28. The van der Waals surface area contributed by atoms with Crippen LogP contribution in [0, 0.1) is 0 Å². The Morgan fingerprint density at radius 1 is 1.45 bits per heavy atom. The fraction of sp³-hybridized carbons (Fsp3) is 0. The van der Waals surface area contributed by atoms with E-state index in [-0.39, 0.29) is 0 Å². The Morgan fingerprint density at radius 3 is 3.00 bits per heavy atom. The Balaban J connectivity index is 2.90. The minimum atomic E-state index is 0.436. The van der Waals surface area contributed by atoms with Crippen molar-refractivity contribution < 1.29 is 0 Å². The van der Waals surface area contributed by atoms with E-state index >= 15 is 0 Å². The van der Waals surface area contributed by atoms with Crippen molar-refractivity contribution in [2.45, 2.75) is 0 Å². The number of aromatic nitrogens is 4. The lowest BCUT2D eigenvalue weighted by atomic mass is 10.6. The highest BCUT2D eigenvalue weighted by Crippen LogP contribution is 2.09. The summed E-state index contributed by atoms with van der Waals surface area (Å²) in [5.41, 5.74) is 6.12. The summed E-state index contributed by atoms with van der Waals surface area (Å²) < 4.78 is 2.12. The van der Waals surface area contributed by atoms with Gasteiger partial charge in [-0.15, -0.1) is 5.10 Å². The predicted molar refractivity (Wildman–Crippen MR) is 42.9 cm³/mol. The standard InChI is InChI=1S/C5H4BrN5/c6-5-9-2-8-4-1-3(7)10-11(4)5/h1-2H,(H2,7,10). The summed E-state index contributed by atoms with van der Waals surface area (Å²) in [6.07, 6.45) is 1.44. The maximum atomic E-state index is 5.44. The van der Waals surface area contributed by atoms with E-state index in [1.54, 1.807) is 6.07 Å². The van der Waals surface area contributed by atoms with Crippen LogP contribution in [0.3, 0.4) is 0 Å². The minimum Gasteiger partial charge on any atom is -0.382 e. The highest BCUT2D eigenvalue weighted by atomic mass is 79.9. The Morgan fingerprint density at radius 2 is 2.27 bits per heavy atom. The summed E-state index contributed by atoms with van der Waals surface area (Å²) in [7, 11) is 0. The normalized spacial score (nSPS) is 10.6. The third-order valence-corrected chi connectivity index (χ3v) is 1.78. The lowest BCUT2D eigenvalue weighted by Gasteiger charge is -1.91. The molecule has 2 N–H and O–H groups in total. The monoisotopic (exact) mass is 213 g/mol. The molecule has 2 rings (SSSR count). The maximum Gasteiger partial charge on any atom is 0.201 e. The first-order valence-electron chi connectivity index (χ1n) is 2.89. The third kappa shape index (κ3) is 0.949. The molecule has 11 heavy (non-hydrogen) atoms. The molecule has 6 heteroatoms. The summed E-state index contributed by atoms with van der Waals surface area (Å²) in [5.74, 6) is 0.436. The van der Waals surface area contributed by atoms with Crippen LogP contribution < -0.4 is 5.73 Å². The number of hydrogen-bond donors (Lipinski definition) is 1. The molecule has 56 valence electrons. The molecule has 0 spiro atoms. The van der Waals surface area contributed by atoms with Crippen LogP contribution in [-0.4, -0.2) is 19.6 Å². The van der Waals surface area contributed by atoms with E-state index in [0.29, 0.717) is 16.2 Å². The molecule has 0 bridgehead atoms. The number of nitrogens with two attached hydrogens (primary N) is 1. The topological polar surface area (TPSA) is 69.1 Å². The second kappa shape index (κ2) is 2.16. The molecule has 5 nitrogen and oxygen atoms in total. The van der Waals surface area contributed by atoms with Crippen LogP contribution in [0.1, 0.15) is 0 Å². The molecular weight excluding hydrogens is 210 g/mol. The highest BCUT2D eigenvalue weighted by molar-refractivity contribution is 9.10. The molecule has 2 aromatic rings. The Bertz CT molecular complexity index is 395. The van der Waals surface area contributed by atoms with Crippen molar-refractivity contribution in [1.29, 1.82) is 0 Å². The molecule has 0 amide bonds. The molecule has 2 aromatic heterocycles. The van der Waals surface area contributed by atoms with Gasteiger partial charge in [-0.2, -0.15) is 4.52 Å². The first kappa shape index (κ1) is 6.53. The van der Waals surface area contributed by atoms with Crippen LogP contribution in [0.5, 0.6) is 0 Å². The smallest absolute Gasteiger partial charge is 0.201 e. The van der Waals surface area contributed by atoms with Crippen molar-refractivity contribution in [2.75, 3.05) is 5.73 Å². The Labute approximate surface area is 70.4 Å². The maximum absolute atomic E-state index is 5.44. The number of rotatable bonds is 0. The fourth-order valence-electron chi connectivity index (χ4n) is 0.807. The number of nitrogens with zero attached hydrogens (tertiary/aromatic N) is 4. The van der Waals surface area contributed by atoms with E-state index in [1.807, 2.05) is 0 Å². The molecule has 2 heterocycles. The number of anilines is 1. The highest BCUT2D eigenvalue weighted by Gasteiger charge is 2.01. The quantitative estimate of drug-likeness (QED) is 0.691. The summed E-state index contributed by atoms with van der Waals surface area (Å²) in [6, 6.07) is 1.67. The molecule has 0 radical (unpaired) electrons. The molecule has 0 unspecified atom stereocenters. The van der Waals surface area contributed by atoms with Gasteiger partial charge in [-0.3, -0.25) is 0 Å². The largest absolute Gasteiger partial charge is 0.382 e. The second-order valence-corrected chi connectivity index (χ2v) is 2.69. The van der Waals surface area contributed by atoms with Crippen molar-refractivity contribution in [3.05, 3.63) is 17.1 Å². The number of hydrogen-bond acceptors (Lipinski definition) is 4. The fourth-order valence-corrected chi connectivity index (χ4v) is 1.16. The van der Waals surface area contributed by atoms with E-state index in [9.17, 15) is 0 Å². The molecule has 0 aliphatic rings. The molecule has 0 fully saturated rings. The van der Waals surface area contributed by atoms with E-state index in [4.69, 9.17) is 5.73 Å². The zero-order valence-corrected chi connectivity index (χ0v) is 6.98. The zero-order valence-electron chi connectivity index (χ0n) is 5.40. The summed E-state index contributed by atoms with van der Waals surface area (Å²) >= 11 is 3.20. The molecular formula is C5H4BrN5. The van der Waals surface area contributed by atoms with Crippen LogP contribution in [0.15, 0.2) is 17.1 Å². The van der Waals surface area contributed by atoms with Gasteiger partial charge in [0.1, 0.15) is 12.1 Å². The van der Waals surface area contributed by atoms with Gasteiger partial charge in [0.2, 0.25) is 4.73 Å². The van der Waals surface area contributed by atoms with Gasteiger partial charge in [-0.1, -0.05) is 0 Å². The first-order chi connectivity index (χ1) is 5.27. The molecule has 0 aromatic carbocycles. The van der Waals surface area contributed by atoms with Crippen LogP contribution in [0.2, 0.25) is 0 Å². The molecule has 0 saturated heterocycles. The van der Waals surface area contributed by atoms with Crippen LogP contribution in [0.25, 0.3) is 5.65 Å². The second-order valence-electron chi connectivity index (χ2n) is 1.98. The van der Waals surface area contributed by atoms with Gasteiger partial charge in [0.05, 0.1) is 0 Å². The number of halogens is 1. The summed E-state index contributed by atoms with van der Waals surface area (Å²) in [5, 5.41) is 3.94. The van der Waals surface area contributed by atoms with E-state index in [0.717, 1.165) is 0 Å². The number of fused-ring (bicyclic) bond motifs is 1. The van der Waals surface area contributed by atoms with Crippen molar-refractivity contribution in [3.63, 3.8) is 0 Å². The van der Waals surface area contributed by atoms with Gasteiger partial charge >= 0.3 is 0 Å². The van der Waals surface area contributed by atoms with Crippen molar-refractivity contribution in [3.8, 4) is 0 Å². The van der Waals surface area contributed by atoms with E-state index in [2.05, 4.69) is 31.0 Å². The van der Waals surface area contributed by atoms with Crippen LogP contribution in [0.4, 0.5) is 5.82 Å². The van der Waals surface area contributed by atoms with Crippen molar-refractivity contribution in [2.24, 2.45) is 0 Å². The van der Waals surface area contributed by atoms with Crippen LogP contribution in [-0.2, 0) is 0 Å². The van der Waals surface area contributed by atoms with E-state index < -0.39 is 0 Å². The van der Waals surface area contributed by atoms with Crippen molar-refractivity contribution >= 4 is 27.4 Å². The lowest BCUT2D eigenvalue weighted by molar-refractivity contribution is 0.863. The Hall–Kier alpha value is -1.17. The SMILES string of the molecule is Nc1cc2ncnc(Br)n2n1. The third-order valence-electron chi connectivity index (χ3n) is 1.24. The zero-order chi connectivity index (χ0) is 7.84. The molecule has 0 atom stereocenters. The molecule has 0 aliphatic carbocycles. The van der Waals surface area contributed by atoms with Crippen LogP contribution >= 0.6 is 15.9 Å². The van der Waals surface area contributed by atoms with Gasteiger partial charge in [-0.05, 0) is 15.9 Å². The van der Waals surface area contributed by atoms with Gasteiger partial charge in [0.15, 0.2) is 5.65 Å². The summed E-state index contributed by atoms with van der Waals surface area (Å²) in [4.78, 5) is 7.81. The molecule has 0 saturated carbocycles. The number of nitrogen functional groups attached to an aromatic ring is 1. The average molecular weight is 214 g/mol. The van der Waals surface area contributed by atoms with Gasteiger partial charge in [0.25, 0.3) is 0 Å². The van der Waals surface area contributed by atoms with Gasteiger partial charge < -0.3 is 5.73 Å². The lowest BCUT2D eigenvalue weighted by Crippen LogP contribution is -1.94. The summed E-state index contributed by atoms with van der Waals surface area (Å²) in [6.45, 7) is 0. The average Bonchev–Trinajstić information content (AvgIpc) is 2.31.